The second kappa shape index (κ2) is 3.31. The second-order valence-electron chi connectivity index (χ2n) is 3.65. The molecule has 3 aromatic rings. The Labute approximate surface area is 96.4 Å². The summed E-state index contributed by atoms with van der Waals surface area (Å²) in [5.74, 6) is 0.320. The van der Waals surface area contributed by atoms with Gasteiger partial charge in [-0.15, -0.1) is 16.4 Å². The number of aryl methyl sites for hydroxylation is 1. The molecule has 0 atom stereocenters. The third kappa shape index (κ3) is 1.37. The third-order valence-corrected chi connectivity index (χ3v) is 3.26. The number of thiazole rings is 1. The molecule has 0 bridgehead atoms. The number of nitrogens with two attached hydrogens (primary N) is 1. The molecule has 0 saturated heterocycles. The third-order valence-electron chi connectivity index (χ3n) is 2.45. The van der Waals surface area contributed by atoms with Crippen LogP contribution in [0.15, 0.2) is 29.6 Å². The molecule has 0 unspecified atom stereocenters. The van der Waals surface area contributed by atoms with Crippen molar-refractivity contribution in [2.24, 2.45) is 0 Å². The first-order chi connectivity index (χ1) is 7.74. The van der Waals surface area contributed by atoms with Gasteiger partial charge in [-0.2, -0.15) is 4.98 Å². The standard InChI is InChI=1S/C11H10N4S/c1-7-2-4-8(5-3-7)9-6-16-11-13-10(12)14-15(9)11/h2-6H,1H3,(H2,12,14). The number of nitrogen functional groups attached to an aromatic ring is 1. The Kier molecular flexibility index (Phi) is 1.94. The Morgan fingerprint density at radius 1 is 1.25 bits per heavy atom. The van der Waals surface area contributed by atoms with Crippen molar-refractivity contribution in [3.63, 3.8) is 0 Å². The van der Waals surface area contributed by atoms with Gasteiger partial charge in [-0.05, 0) is 6.92 Å². The molecule has 0 radical (unpaired) electrons. The lowest BCUT2D eigenvalue weighted by molar-refractivity contribution is 0.992. The molecule has 80 valence electrons. The van der Waals surface area contributed by atoms with Crippen LogP contribution in [0.3, 0.4) is 0 Å². The molecule has 0 spiro atoms. The molecule has 0 aliphatic carbocycles. The van der Waals surface area contributed by atoms with Crippen LogP contribution >= 0.6 is 11.3 Å². The smallest absolute Gasteiger partial charge is 0.241 e. The van der Waals surface area contributed by atoms with Crippen LogP contribution in [0.5, 0.6) is 0 Å². The average Bonchev–Trinajstić information content (AvgIpc) is 2.78. The summed E-state index contributed by atoms with van der Waals surface area (Å²) in [5, 5.41) is 6.21. The van der Waals surface area contributed by atoms with Crippen LogP contribution in [0.4, 0.5) is 5.95 Å². The number of aromatic nitrogens is 3. The monoisotopic (exact) mass is 230 g/mol. The van der Waals surface area contributed by atoms with Gasteiger partial charge in [0.1, 0.15) is 0 Å². The summed E-state index contributed by atoms with van der Waals surface area (Å²) in [6.07, 6.45) is 0. The zero-order chi connectivity index (χ0) is 11.1. The zero-order valence-electron chi connectivity index (χ0n) is 8.71. The minimum Gasteiger partial charge on any atom is -0.366 e. The van der Waals surface area contributed by atoms with Gasteiger partial charge in [-0.3, -0.25) is 0 Å². The highest BCUT2D eigenvalue weighted by Crippen LogP contribution is 2.25. The van der Waals surface area contributed by atoms with Gasteiger partial charge in [0.2, 0.25) is 10.9 Å². The van der Waals surface area contributed by atoms with Gasteiger partial charge in [0.15, 0.2) is 0 Å². The molecule has 0 saturated carbocycles. The second-order valence-corrected chi connectivity index (χ2v) is 4.49. The number of hydrogen-bond donors (Lipinski definition) is 1. The predicted molar refractivity (Wildman–Crippen MR) is 65.4 cm³/mol. The molecule has 16 heavy (non-hydrogen) atoms. The number of nitrogens with zero attached hydrogens (tertiary/aromatic N) is 3. The molecule has 3 rings (SSSR count). The molecule has 5 heteroatoms. The highest BCUT2D eigenvalue weighted by molar-refractivity contribution is 7.15. The minimum absolute atomic E-state index is 0.320. The van der Waals surface area contributed by atoms with E-state index in [1.807, 2.05) is 5.38 Å². The zero-order valence-corrected chi connectivity index (χ0v) is 9.53. The van der Waals surface area contributed by atoms with Crippen molar-refractivity contribution in [3.05, 3.63) is 35.2 Å². The van der Waals surface area contributed by atoms with E-state index in [1.165, 1.54) is 5.56 Å². The van der Waals surface area contributed by atoms with Gasteiger partial charge in [-0.1, -0.05) is 29.8 Å². The normalized spacial score (nSPS) is 11.1. The summed E-state index contributed by atoms with van der Waals surface area (Å²) in [4.78, 5) is 4.95. The van der Waals surface area contributed by atoms with Gasteiger partial charge in [-0.25, -0.2) is 4.52 Å². The van der Waals surface area contributed by atoms with Crippen LogP contribution in [0.1, 0.15) is 5.56 Å². The summed E-state index contributed by atoms with van der Waals surface area (Å²) < 4.78 is 1.78. The molecule has 1 aromatic carbocycles. The fourth-order valence-corrected chi connectivity index (χ4v) is 2.46. The van der Waals surface area contributed by atoms with Crippen molar-refractivity contribution in [2.45, 2.75) is 6.92 Å². The molecular formula is C11H10N4S. The maximum Gasteiger partial charge on any atom is 0.241 e. The summed E-state index contributed by atoms with van der Waals surface area (Å²) in [6, 6.07) is 8.32. The summed E-state index contributed by atoms with van der Waals surface area (Å²) in [6.45, 7) is 2.07. The number of rotatable bonds is 1. The van der Waals surface area contributed by atoms with Crippen molar-refractivity contribution in [3.8, 4) is 11.3 Å². The molecule has 0 aliphatic rings. The molecule has 2 N–H and O–H groups in total. The summed E-state index contributed by atoms with van der Waals surface area (Å²) >= 11 is 1.54. The van der Waals surface area contributed by atoms with Gasteiger partial charge < -0.3 is 5.73 Å². The van der Waals surface area contributed by atoms with Crippen molar-refractivity contribution in [1.82, 2.24) is 14.6 Å². The highest BCUT2D eigenvalue weighted by Gasteiger charge is 2.09. The highest BCUT2D eigenvalue weighted by atomic mass is 32.1. The van der Waals surface area contributed by atoms with E-state index in [0.29, 0.717) is 5.95 Å². The van der Waals surface area contributed by atoms with Crippen LogP contribution in [0.25, 0.3) is 16.2 Å². The summed E-state index contributed by atoms with van der Waals surface area (Å²) in [5.41, 5.74) is 8.97. The predicted octanol–water partition coefficient (Wildman–Crippen LogP) is 2.35. The molecule has 4 nitrogen and oxygen atoms in total. The molecule has 2 aromatic heterocycles. The Morgan fingerprint density at radius 3 is 2.75 bits per heavy atom. The fraction of sp³-hybridized carbons (Fsp3) is 0.0909. The summed E-state index contributed by atoms with van der Waals surface area (Å²) in [7, 11) is 0. The van der Waals surface area contributed by atoms with Crippen molar-refractivity contribution < 1.29 is 0 Å². The van der Waals surface area contributed by atoms with E-state index < -0.39 is 0 Å². The van der Waals surface area contributed by atoms with Crippen LogP contribution in [0, 0.1) is 6.92 Å². The van der Waals surface area contributed by atoms with E-state index in [9.17, 15) is 0 Å². The first-order valence-corrected chi connectivity index (χ1v) is 5.79. The number of benzene rings is 1. The number of fused-ring (bicyclic) bond motifs is 1. The van der Waals surface area contributed by atoms with Crippen LogP contribution < -0.4 is 5.73 Å². The number of anilines is 1. The minimum atomic E-state index is 0.320. The van der Waals surface area contributed by atoms with E-state index in [2.05, 4.69) is 41.3 Å². The van der Waals surface area contributed by atoms with E-state index in [1.54, 1.807) is 15.9 Å². The Morgan fingerprint density at radius 2 is 2.00 bits per heavy atom. The van der Waals surface area contributed by atoms with Crippen molar-refractivity contribution >= 4 is 22.2 Å². The largest absolute Gasteiger partial charge is 0.366 e. The van der Waals surface area contributed by atoms with Crippen LogP contribution in [-0.4, -0.2) is 14.6 Å². The Hall–Kier alpha value is -1.88. The van der Waals surface area contributed by atoms with Gasteiger partial charge in [0, 0.05) is 10.9 Å². The SMILES string of the molecule is Cc1ccc(-c2csc3nc(N)nn23)cc1. The maximum atomic E-state index is 5.57. The van der Waals surface area contributed by atoms with E-state index in [4.69, 9.17) is 5.73 Å². The maximum absolute atomic E-state index is 5.57. The first-order valence-electron chi connectivity index (χ1n) is 4.91. The van der Waals surface area contributed by atoms with E-state index >= 15 is 0 Å². The van der Waals surface area contributed by atoms with Gasteiger partial charge >= 0.3 is 0 Å². The van der Waals surface area contributed by atoms with Gasteiger partial charge in [0.25, 0.3) is 0 Å². The molecule has 0 amide bonds. The van der Waals surface area contributed by atoms with Crippen molar-refractivity contribution in [2.75, 3.05) is 5.73 Å². The molecule has 0 fully saturated rings. The fourth-order valence-electron chi connectivity index (χ4n) is 1.62. The van der Waals surface area contributed by atoms with Gasteiger partial charge in [0.05, 0.1) is 5.69 Å². The lowest BCUT2D eigenvalue weighted by Crippen LogP contribution is -1.91. The topological polar surface area (TPSA) is 56.2 Å². The van der Waals surface area contributed by atoms with E-state index in [-0.39, 0.29) is 0 Å². The lowest BCUT2D eigenvalue weighted by Gasteiger charge is -1.98. The number of hydrogen-bond acceptors (Lipinski definition) is 4. The molecular weight excluding hydrogens is 220 g/mol. The quantitative estimate of drug-likeness (QED) is 0.698. The Balaban J connectivity index is 2.21. The lowest BCUT2D eigenvalue weighted by atomic mass is 10.1. The van der Waals surface area contributed by atoms with Crippen LogP contribution in [0.2, 0.25) is 0 Å². The Bertz CT molecular complexity index is 636. The van der Waals surface area contributed by atoms with E-state index in [0.717, 1.165) is 16.2 Å². The molecule has 0 aliphatic heterocycles. The molecule has 2 heterocycles. The average molecular weight is 230 g/mol. The van der Waals surface area contributed by atoms with Crippen LogP contribution in [-0.2, 0) is 0 Å². The van der Waals surface area contributed by atoms with Crippen molar-refractivity contribution in [1.29, 1.82) is 0 Å². The first kappa shape index (κ1) is 9.35.